The van der Waals surface area contributed by atoms with E-state index in [0.717, 1.165) is 11.8 Å². The van der Waals surface area contributed by atoms with Crippen LogP contribution in [-0.4, -0.2) is 16.1 Å². The quantitative estimate of drug-likeness (QED) is 0.902. The molecular formula is C12H10ClN3O3. The third-order valence-corrected chi connectivity index (χ3v) is 2.46. The molecule has 6 nitrogen and oxygen atoms in total. The van der Waals surface area contributed by atoms with Crippen LogP contribution in [0.15, 0.2) is 41.3 Å². The smallest absolute Gasteiger partial charge is 0.414 e. The number of benzene rings is 1. The van der Waals surface area contributed by atoms with Crippen LogP contribution in [0.4, 0.5) is 10.7 Å². The standard InChI is InChI=1S/C12H10ClN3O3/c13-9-6-14-11(15-10(9)17)16-12(18)19-7-8-4-2-1-3-5-8/h1-6H,7H2,(H2,14,15,16,17,18). The number of nitrogens with one attached hydrogen (secondary N) is 2. The molecule has 0 aliphatic rings. The Balaban J connectivity index is 1.91. The highest BCUT2D eigenvalue weighted by Crippen LogP contribution is 2.03. The summed E-state index contributed by atoms with van der Waals surface area (Å²) in [5, 5.41) is 2.24. The lowest BCUT2D eigenvalue weighted by Crippen LogP contribution is -2.19. The van der Waals surface area contributed by atoms with Crippen molar-refractivity contribution in [1.29, 1.82) is 0 Å². The van der Waals surface area contributed by atoms with Crippen molar-refractivity contribution in [2.24, 2.45) is 0 Å². The molecule has 98 valence electrons. The van der Waals surface area contributed by atoms with Crippen LogP contribution in [-0.2, 0) is 11.3 Å². The van der Waals surface area contributed by atoms with Gasteiger partial charge in [-0.3, -0.25) is 15.1 Å². The Hall–Kier alpha value is -2.34. The number of nitrogens with zero attached hydrogens (tertiary/aromatic N) is 1. The maximum absolute atomic E-state index is 11.5. The molecule has 0 atom stereocenters. The van der Waals surface area contributed by atoms with E-state index >= 15 is 0 Å². The molecule has 1 aromatic heterocycles. The topological polar surface area (TPSA) is 84.1 Å². The van der Waals surface area contributed by atoms with Crippen molar-refractivity contribution in [3.05, 3.63) is 57.5 Å². The fourth-order valence-corrected chi connectivity index (χ4v) is 1.39. The van der Waals surface area contributed by atoms with E-state index in [2.05, 4.69) is 15.3 Å². The first-order valence-electron chi connectivity index (χ1n) is 5.37. The zero-order valence-electron chi connectivity index (χ0n) is 9.72. The van der Waals surface area contributed by atoms with Gasteiger partial charge in [-0.05, 0) is 5.56 Å². The normalized spacial score (nSPS) is 9.95. The summed E-state index contributed by atoms with van der Waals surface area (Å²) in [6.45, 7) is 0.129. The highest BCUT2D eigenvalue weighted by molar-refractivity contribution is 6.30. The van der Waals surface area contributed by atoms with Crippen LogP contribution in [0.1, 0.15) is 5.56 Å². The molecule has 0 spiro atoms. The predicted molar refractivity (Wildman–Crippen MR) is 70.1 cm³/mol. The fraction of sp³-hybridized carbons (Fsp3) is 0.0833. The van der Waals surface area contributed by atoms with E-state index in [1.165, 1.54) is 0 Å². The summed E-state index contributed by atoms with van der Waals surface area (Å²) < 4.78 is 4.96. The molecule has 0 saturated carbocycles. The van der Waals surface area contributed by atoms with E-state index in [-0.39, 0.29) is 17.6 Å². The lowest BCUT2D eigenvalue weighted by atomic mass is 10.2. The van der Waals surface area contributed by atoms with Gasteiger partial charge in [0.15, 0.2) is 0 Å². The zero-order valence-corrected chi connectivity index (χ0v) is 10.5. The Morgan fingerprint density at radius 1 is 1.37 bits per heavy atom. The number of hydrogen-bond donors (Lipinski definition) is 2. The Bertz CT molecular complexity index is 628. The van der Waals surface area contributed by atoms with Crippen molar-refractivity contribution < 1.29 is 9.53 Å². The number of halogens is 1. The van der Waals surface area contributed by atoms with Crippen molar-refractivity contribution >= 4 is 23.6 Å². The highest BCUT2D eigenvalue weighted by Gasteiger charge is 2.06. The molecule has 7 heteroatoms. The SMILES string of the molecule is O=C(Nc1ncc(Cl)c(=O)[nH]1)OCc1ccccc1. The minimum atomic E-state index is -0.714. The van der Waals surface area contributed by atoms with Crippen LogP contribution in [0.5, 0.6) is 0 Å². The van der Waals surface area contributed by atoms with Gasteiger partial charge in [-0.25, -0.2) is 9.78 Å². The maximum Gasteiger partial charge on any atom is 0.414 e. The number of rotatable bonds is 3. The number of carbonyl (C=O) groups is 1. The van der Waals surface area contributed by atoms with E-state index in [0.29, 0.717) is 0 Å². The van der Waals surface area contributed by atoms with Gasteiger partial charge in [-0.1, -0.05) is 41.9 Å². The third-order valence-electron chi connectivity index (χ3n) is 2.19. The van der Waals surface area contributed by atoms with Gasteiger partial charge >= 0.3 is 6.09 Å². The summed E-state index contributed by atoms with van der Waals surface area (Å²) in [4.78, 5) is 28.7. The van der Waals surface area contributed by atoms with Gasteiger partial charge < -0.3 is 4.74 Å². The molecule has 2 rings (SSSR count). The molecule has 19 heavy (non-hydrogen) atoms. The summed E-state index contributed by atoms with van der Waals surface area (Å²) in [6, 6.07) is 9.21. The molecular weight excluding hydrogens is 270 g/mol. The summed E-state index contributed by atoms with van der Waals surface area (Å²) in [6.07, 6.45) is 0.432. The summed E-state index contributed by atoms with van der Waals surface area (Å²) >= 11 is 5.51. The van der Waals surface area contributed by atoms with Crippen LogP contribution in [0.2, 0.25) is 5.02 Å². The van der Waals surface area contributed by atoms with Crippen LogP contribution >= 0.6 is 11.6 Å². The number of aromatic amines is 1. The average Bonchev–Trinajstić information content (AvgIpc) is 2.42. The number of amides is 1. The highest BCUT2D eigenvalue weighted by atomic mass is 35.5. The van der Waals surface area contributed by atoms with E-state index in [9.17, 15) is 9.59 Å². The van der Waals surface area contributed by atoms with Crippen LogP contribution in [0.25, 0.3) is 0 Å². The number of ether oxygens (including phenoxy) is 1. The van der Waals surface area contributed by atoms with Crippen molar-refractivity contribution in [3.63, 3.8) is 0 Å². The Morgan fingerprint density at radius 3 is 2.79 bits per heavy atom. The van der Waals surface area contributed by atoms with Crippen molar-refractivity contribution in [3.8, 4) is 0 Å². The first-order valence-corrected chi connectivity index (χ1v) is 5.75. The predicted octanol–water partition coefficient (Wildman–Crippen LogP) is 2.17. The van der Waals surface area contributed by atoms with Gasteiger partial charge in [-0.15, -0.1) is 0 Å². The minimum absolute atomic E-state index is 0.0209. The van der Waals surface area contributed by atoms with Crippen molar-refractivity contribution in [2.75, 3.05) is 5.32 Å². The fourth-order valence-electron chi connectivity index (χ4n) is 1.30. The molecule has 0 radical (unpaired) electrons. The third kappa shape index (κ3) is 3.82. The van der Waals surface area contributed by atoms with Gasteiger partial charge in [-0.2, -0.15) is 0 Å². The molecule has 1 aromatic carbocycles. The maximum atomic E-state index is 11.5. The second kappa shape index (κ2) is 6.01. The number of carbonyl (C=O) groups excluding carboxylic acids is 1. The van der Waals surface area contributed by atoms with Gasteiger partial charge in [0.1, 0.15) is 11.6 Å². The van der Waals surface area contributed by atoms with Crippen LogP contribution < -0.4 is 10.9 Å². The molecule has 1 amide bonds. The van der Waals surface area contributed by atoms with E-state index < -0.39 is 11.7 Å². The van der Waals surface area contributed by atoms with Crippen LogP contribution in [0.3, 0.4) is 0 Å². The summed E-state index contributed by atoms with van der Waals surface area (Å²) in [5.74, 6) is -0.0209. The molecule has 0 aliphatic carbocycles. The number of hydrogen-bond acceptors (Lipinski definition) is 4. The number of aromatic nitrogens is 2. The lowest BCUT2D eigenvalue weighted by Gasteiger charge is -2.06. The molecule has 0 saturated heterocycles. The monoisotopic (exact) mass is 279 g/mol. The van der Waals surface area contributed by atoms with E-state index in [1.54, 1.807) is 0 Å². The number of anilines is 1. The molecule has 2 aromatic rings. The molecule has 0 aliphatic heterocycles. The summed E-state index contributed by atoms with van der Waals surface area (Å²) in [7, 11) is 0. The minimum Gasteiger partial charge on any atom is -0.444 e. The van der Waals surface area contributed by atoms with Gasteiger partial charge in [0.05, 0.1) is 6.20 Å². The summed E-state index contributed by atoms with van der Waals surface area (Å²) in [5.41, 5.74) is 0.324. The van der Waals surface area contributed by atoms with E-state index in [4.69, 9.17) is 16.3 Å². The zero-order chi connectivity index (χ0) is 13.7. The first kappa shape index (κ1) is 13.1. The Morgan fingerprint density at radius 2 is 2.11 bits per heavy atom. The molecule has 2 N–H and O–H groups in total. The van der Waals surface area contributed by atoms with Gasteiger partial charge in [0, 0.05) is 0 Å². The van der Waals surface area contributed by atoms with Gasteiger partial charge in [0.25, 0.3) is 5.56 Å². The van der Waals surface area contributed by atoms with Gasteiger partial charge in [0.2, 0.25) is 5.95 Å². The molecule has 1 heterocycles. The van der Waals surface area contributed by atoms with Crippen molar-refractivity contribution in [2.45, 2.75) is 6.61 Å². The second-order valence-electron chi connectivity index (χ2n) is 3.60. The average molecular weight is 280 g/mol. The second-order valence-corrected chi connectivity index (χ2v) is 4.00. The lowest BCUT2D eigenvalue weighted by molar-refractivity contribution is 0.155. The Kier molecular flexibility index (Phi) is 4.15. The number of H-pyrrole nitrogens is 1. The molecule has 0 unspecified atom stereocenters. The van der Waals surface area contributed by atoms with Crippen LogP contribution in [0, 0.1) is 0 Å². The molecule has 0 fully saturated rings. The first-order chi connectivity index (χ1) is 9.15. The van der Waals surface area contributed by atoms with E-state index in [1.807, 2.05) is 30.3 Å². The largest absolute Gasteiger partial charge is 0.444 e. The Labute approximate surface area is 113 Å². The van der Waals surface area contributed by atoms with Crippen molar-refractivity contribution in [1.82, 2.24) is 9.97 Å². The molecule has 0 bridgehead atoms.